The van der Waals surface area contributed by atoms with Crippen LogP contribution in [0.1, 0.15) is 24.8 Å². The molecule has 1 saturated heterocycles. The smallest absolute Gasteiger partial charge is 0.218 e. The maximum absolute atomic E-state index is 5.93. The quantitative estimate of drug-likeness (QED) is 0.620. The van der Waals surface area contributed by atoms with Crippen LogP contribution >= 0.6 is 0 Å². The molecule has 2 rings (SSSR count). The molecule has 5 heteroatoms. The molecule has 1 aromatic carbocycles. The zero-order valence-corrected chi connectivity index (χ0v) is 11.1. The van der Waals surface area contributed by atoms with Gasteiger partial charge in [-0.15, -0.1) is 0 Å². The van der Waals surface area contributed by atoms with Crippen molar-refractivity contribution in [3.63, 3.8) is 0 Å². The average molecular weight is 259 g/mol. The number of rotatable bonds is 2. The minimum Gasteiger partial charge on any atom is -0.369 e. The standard InChI is InChI=1S/C14H21N5/c15-13(17-11-12-7-3-1-4-8-12)18-14(16)19-9-5-2-6-10-19/h1,3-4,7-8H,2,5-6,9-11H2,(H4,15,16,17,18). The highest BCUT2D eigenvalue weighted by Crippen LogP contribution is 2.07. The van der Waals surface area contributed by atoms with Gasteiger partial charge in [-0.05, 0) is 24.8 Å². The van der Waals surface area contributed by atoms with Crippen molar-refractivity contribution in [1.29, 1.82) is 0 Å². The summed E-state index contributed by atoms with van der Waals surface area (Å²) in [5.74, 6) is 0.723. The van der Waals surface area contributed by atoms with Crippen molar-refractivity contribution in [2.75, 3.05) is 13.1 Å². The van der Waals surface area contributed by atoms with Crippen LogP contribution in [0.2, 0.25) is 0 Å². The second-order valence-electron chi connectivity index (χ2n) is 4.68. The van der Waals surface area contributed by atoms with E-state index >= 15 is 0 Å². The Morgan fingerprint density at radius 3 is 2.42 bits per heavy atom. The summed E-state index contributed by atoms with van der Waals surface area (Å²) in [6.07, 6.45) is 3.59. The van der Waals surface area contributed by atoms with Gasteiger partial charge < -0.3 is 16.4 Å². The summed E-state index contributed by atoms with van der Waals surface area (Å²) in [5.41, 5.74) is 12.8. The van der Waals surface area contributed by atoms with Crippen molar-refractivity contribution in [2.45, 2.75) is 25.8 Å². The van der Waals surface area contributed by atoms with Crippen molar-refractivity contribution in [3.05, 3.63) is 35.9 Å². The number of guanidine groups is 2. The lowest BCUT2D eigenvalue weighted by molar-refractivity contribution is 0.339. The number of benzene rings is 1. The molecule has 1 fully saturated rings. The molecule has 0 amide bonds. The Hall–Kier alpha value is -2.04. The molecule has 0 radical (unpaired) electrons. The van der Waals surface area contributed by atoms with Gasteiger partial charge in [-0.2, -0.15) is 4.99 Å². The van der Waals surface area contributed by atoms with E-state index in [0.29, 0.717) is 12.5 Å². The molecule has 1 aliphatic heterocycles. The first-order valence-corrected chi connectivity index (χ1v) is 6.68. The number of piperidine rings is 1. The van der Waals surface area contributed by atoms with Gasteiger partial charge in [-0.1, -0.05) is 30.3 Å². The van der Waals surface area contributed by atoms with E-state index < -0.39 is 0 Å². The maximum atomic E-state index is 5.93. The summed E-state index contributed by atoms with van der Waals surface area (Å²) in [4.78, 5) is 10.5. The van der Waals surface area contributed by atoms with Crippen LogP contribution in [0, 0.1) is 0 Å². The minimum atomic E-state index is 0.243. The fourth-order valence-corrected chi connectivity index (χ4v) is 2.10. The van der Waals surface area contributed by atoms with Crippen molar-refractivity contribution in [1.82, 2.24) is 4.90 Å². The van der Waals surface area contributed by atoms with E-state index in [1.807, 2.05) is 30.3 Å². The monoisotopic (exact) mass is 259 g/mol. The Balaban J connectivity index is 1.93. The third-order valence-corrected chi connectivity index (χ3v) is 3.18. The first-order valence-electron chi connectivity index (χ1n) is 6.68. The van der Waals surface area contributed by atoms with Crippen molar-refractivity contribution in [3.8, 4) is 0 Å². The van der Waals surface area contributed by atoms with E-state index in [4.69, 9.17) is 11.5 Å². The maximum Gasteiger partial charge on any atom is 0.218 e. The third kappa shape index (κ3) is 4.28. The lowest BCUT2D eigenvalue weighted by Gasteiger charge is -2.27. The Morgan fingerprint density at radius 2 is 1.74 bits per heavy atom. The molecule has 0 aromatic heterocycles. The van der Waals surface area contributed by atoms with Gasteiger partial charge in [-0.25, -0.2) is 4.99 Å². The van der Waals surface area contributed by atoms with Gasteiger partial charge in [0.1, 0.15) is 0 Å². The first kappa shape index (κ1) is 13.4. The molecule has 1 aromatic rings. The van der Waals surface area contributed by atoms with Crippen molar-refractivity contribution in [2.24, 2.45) is 21.5 Å². The van der Waals surface area contributed by atoms with Gasteiger partial charge in [0.15, 0.2) is 5.96 Å². The SMILES string of the molecule is NC(=NCc1ccccc1)/N=C(\N)N1CCCCC1. The summed E-state index contributed by atoms with van der Waals surface area (Å²) < 4.78 is 0. The van der Waals surface area contributed by atoms with Crippen LogP contribution in [0.25, 0.3) is 0 Å². The Morgan fingerprint density at radius 1 is 1.05 bits per heavy atom. The molecular formula is C14H21N5. The summed E-state index contributed by atoms with van der Waals surface area (Å²) in [5, 5.41) is 0. The molecule has 1 heterocycles. The second-order valence-corrected chi connectivity index (χ2v) is 4.68. The third-order valence-electron chi connectivity index (χ3n) is 3.18. The molecule has 5 nitrogen and oxygen atoms in total. The van der Waals surface area contributed by atoms with E-state index in [-0.39, 0.29) is 5.96 Å². The second kappa shape index (κ2) is 6.78. The molecule has 0 bridgehead atoms. The summed E-state index contributed by atoms with van der Waals surface area (Å²) >= 11 is 0. The highest BCUT2D eigenvalue weighted by atomic mass is 15.3. The average Bonchev–Trinajstić information content (AvgIpc) is 2.47. The van der Waals surface area contributed by atoms with E-state index in [9.17, 15) is 0 Å². The van der Waals surface area contributed by atoms with Gasteiger partial charge in [0.25, 0.3) is 0 Å². The Bertz CT molecular complexity index is 446. The molecule has 4 N–H and O–H groups in total. The Labute approximate surface area is 114 Å². The lowest BCUT2D eigenvalue weighted by Crippen LogP contribution is -2.41. The minimum absolute atomic E-state index is 0.243. The van der Waals surface area contributed by atoms with Crippen LogP contribution in [0.3, 0.4) is 0 Å². The van der Waals surface area contributed by atoms with Crippen molar-refractivity contribution >= 4 is 11.9 Å². The number of aliphatic imine (C=N–C) groups is 2. The van der Waals surface area contributed by atoms with E-state index in [0.717, 1.165) is 31.5 Å². The molecule has 102 valence electrons. The highest BCUT2D eigenvalue weighted by molar-refractivity contribution is 5.93. The molecule has 0 atom stereocenters. The summed E-state index contributed by atoms with van der Waals surface area (Å²) in [6, 6.07) is 9.95. The zero-order chi connectivity index (χ0) is 13.5. The summed E-state index contributed by atoms with van der Waals surface area (Å²) in [7, 11) is 0. The van der Waals surface area contributed by atoms with Crippen LogP contribution in [-0.2, 0) is 6.54 Å². The van der Waals surface area contributed by atoms with Crippen LogP contribution in [0.4, 0.5) is 0 Å². The normalized spacial score (nSPS) is 17.6. The van der Waals surface area contributed by atoms with Crippen LogP contribution in [0.15, 0.2) is 40.3 Å². The largest absolute Gasteiger partial charge is 0.369 e. The van der Waals surface area contributed by atoms with Gasteiger partial charge in [0.2, 0.25) is 5.96 Å². The highest BCUT2D eigenvalue weighted by Gasteiger charge is 2.11. The predicted octanol–water partition coefficient (Wildman–Crippen LogP) is 1.30. The fraction of sp³-hybridized carbons (Fsp3) is 0.429. The number of nitrogens with zero attached hydrogens (tertiary/aromatic N) is 3. The van der Waals surface area contributed by atoms with Crippen LogP contribution < -0.4 is 11.5 Å². The molecule has 19 heavy (non-hydrogen) atoms. The van der Waals surface area contributed by atoms with Crippen molar-refractivity contribution < 1.29 is 0 Å². The molecule has 0 saturated carbocycles. The molecule has 0 spiro atoms. The number of likely N-dealkylation sites (tertiary alicyclic amines) is 1. The van der Waals surface area contributed by atoms with E-state index in [1.54, 1.807) is 0 Å². The first-order chi connectivity index (χ1) is 9.25. The fourth-order valence-electron chi connectivity index (χ4n) is 2.10. The number of nitrogens with two attached hydrogens (primary N) is 2. The van der Waals surface area contributed by atoms with Gasteiger partial charge >= 0.3 is 0 Å². The topological polar surface area (TPSA) is 80.0 Å². The van der Waals surface area contributed by atoms with Crippen LogP contribution in [-0.4, -0.2) is 29.9 Å². The van der Waals surface area contributed by atoms with Gasteiger partial charge in [0, 0.05) is 13.1 Å². The Kier molecular flexibility index (Phi) is 4.78. The lowest BCUT2D eigenvalue weighted by atomic mass is 10.1. The molecule has 0 unspecified atom stereocenters. The summed E-state index contributed by atoms with van der Waals surface area (Å²) in [6.45, 7) is 2.45. The van der Waals surface area contributed by atoms with Crippen LogP contribution in [0.5, 0.6) is 0 Å². The van der Waals surface area contributed by atoms with E-state index in [1.165, 1.54) is 6.42 Å². The number of hydrogen-bond acceptors (Lipinski definition) is 1. The zero-order valence-electron chi connectivity index (χ0n) is 11.1. The van der Waals surface area contributed by atoms with Gasteiger partial charge in [0.05, 0.1) is 6.54 Å². The molecule has 0 aliphatic carbocycles. The predicted molar refractivity (Wildman–Crippen MR) is 78.8 cm³/mol. The van der Waals surface area contributed by atoms with Gasteiger partial charge in [-0.3, -0.25) is 0 Å². The molecule has 1 aliphatic rings. The number of hydrogen-bond donors (Lipinski definition) is 2. The molecular weight excluding hydrogens is 238 g/mol. The van der Waals surface area contributed by atoms with E-state index in [2.05, 4.69) is 14.9 Å².